The maximum absolute atomic E-state index is 11.5. The smallest absolute Gasteiger partial charge is 0.305 e. The number of phenolic OH excluding ortho intramolecular Hbond substituents is 2. The van der Waals surface area contributed by atoms with E-state index in [9.17, 15) is 19.8 Å². The number of thioether (sulfide) groups is 1. The third kappa shape index (κ3) is 3.77. The van der Waals surface area contributed by atoms with Gasteiger partial charge in [-0.05, 0) is 28.1 Å². The summed E-state index contributed by atoms with van der Waals surface area (Å²) < 4.78 is 0.337. The van der Waals surface area contributed by atoms with E-state index in [1.54, 1.807) is 0 Å². The summed E-state index contributed by atoms with van der Waals surface area (Å²) in [6, 6.07) is 3.04. The number of carboxylic acid groups (broad SMARTS) is 1. The molecule has 1 aliphatic rings. The Labute approximate surface area is 137 Å². The van der Waals surface area contributed by atoms with Crippen LogP contribution >= 0.6 is 27.7 Å². The molecule has 1 heterocycles. The monoisotopic (exact) mass is 387 g/mol. The van der Waals surface area contributed by atoms with Crippen molar-refractivity contribution < 1.29 is 24.9 Å². The molecule has 1 fully saturated rings. The average Bonchev–Trinajstić information content (AvgIpc) is 2.78. The molecule has 1 unspecified atom stereocenters. The summed E-state index contributed by atoms with van der Waals surface area (Å²) in [6.45, 7) is 0. The van der Waals surface area contributed by atoms with Gasteiger partial charge in [0.05, 0.1) is 17.1 Å². The molecule has 0 saturated carbocycles. The molecule has 4 N–H and O–H groups in total. The number of carbonyl (C=O) groups excluding carboxylic acids is 1. The number of nitrogens with zero attached hydrogens (tertiary/aromatic N) is 2. The molecule has 0 aliphatic carbocycles. The molecule has 1 aromatic rings. The molecule has 22 heavy (non-hydrogen) atoms. The molecular weight excluding hydrogens is 378 g/mol. The molecule has 0 aromatic heterocycles. The van der Waals surface area contributed by atoms with Crippen LogP contribution in [0.5, 0.6) is 11.5 Å². The fourth-order valence-corrected chi connectivity index (χ4v) is 2.80. The number of rotatable bonds is 4. The summed E-state index contributed by atoms with van der Waals surface area (Å²) in [7, 11) is 0. The van der Waals surface area contributed by atoms with Crippen molar-refractivity contribution in [2.45, 2.75) is 11.7 Å². The summed E-state index contributed by atoms with van der Waals surface area (Å²) in [6.07, 6.45) is 0.895. The first-order chi connectivity index (χ1) is 10.4. The summed E-state index contributed by atoms with van der Waals surface area (Å²) in [5.41, 5.74) is 0.237. The second kappa shape index (κ2) is 6.79. The van der Waals surface area contributed by atoms with Gasteiger partial charge in [-0.3, -0.25) is 9.59 Å². The lowest BCUT2D eigenvalue weighted by Crippen LogP contribution is -2.26. The van der Waals surface area contributed by atoms with Crippen molar-refractivity contribution in [3.63, 3.8) is 0 Å². The SMILES string of the molecule is O=C(O)CC1SC(=NN=Cc2ccc(Br)c(O)c2O)NC1=O. The molecule has 1 amide bonds. The van der Waals surface area contributed by atoms with Crippen LogP contribution in [0.4, 0.5) is 0 Å². The Balaban J connectivity index is 2.08. The Bertz CT molecular complexity index is 692. The third-order valence-electron chi connectivity index (χ3n) is 2.62. The maximum Gasteiger partial charge on any atom is 0.305 e. The van der Waals surface area contributed by atoms with Crippen molar-refractivity contribution in [2.24, 2.45) is 10.2 Å². The second-order valence-electron chi connectivity index (χ2n) is 4.18. The summed E-state index contributed by atoms with van der Waals surface area (Å²) in [5.74, 6) is -2.19. The van der Waals surface area contributed by atoms with Crippen LogP contribution in [0.1, 0.15) is 12.0 Å². The van der Waals surface area contributed by atoms with Crippen LogP contribution in [-0.4, -0.2) is 43.8 Å². The van der Waals surface area contributed by atoms with E-state index in [1.165, 1.54) is 18.3 Å². The first-order valence-corrected chi connectivity index (χ1v) is 7.56. The summed E-state index contributed by atoms with van der Waals surface area (Å²) >= 11 is 4.02. The molecule has 1 aromatic carbocycles. The minimum absolute atomic E-state index is 0.174. The molecule has 1 atom stereocenters. The standard InChI is InChI=1S/C12H10BrN3O5S/c13-6-2-1-5(9(19)10(6)20)4-14-16-12-15-11(21)7(22-12)3-8(17)18/h1-2,4,7,19-20H,3H2,(H,17,18)(H,15,16,21). The van der Waals surface area contributed by atoms with E-state index < -0.39 is 17.1 Å². The quantitative estimate of drug-likeness (QED) is 0.349. The lowest BCUT2D eigenvalue weighted by Gasteiger charge is -2.02. The molecule has 10 heteroatoms. The van der Waals surface area contributed by atoms with Gasteiger partial charge in [0.15, 0.2) is 16.7 Å². The van der Waals surface area contributed by atoms with E-state index in [2.05, 4.69) is 31.4 Å². The van der Waals surface area contributed by atoms with E-state index in [0.717, 1.165) is 11.8 Å². The van der Waals surface area contributed by atoms with Gasteiger partial charge in [-0.2, -0.15) is 5.10 Å². The van der Waals surface area contributed by atoms with Gasteiger partial charge < -0.3 is 20.6 Å². The van der Waals surface area contributed by atoms with E-state index >= 15 is 0 Å². The highest BCUT2D eigenvalue weighted by Gasteiger charge is 2.32. The number of amides is 1. The number of benzene rings is 1. The summed E-state index contributed by atoms with van der Waals surface area (Å²) in [4.78, 5) is 22.1. The van der Waals surface area contributed by atoms with Crippen LogP contribution in [0.2, 0.25) is 0 Å². The minimum Gasteiger partial charge on any atom is -0.504 e. The molecule has 8 nitrogen and oxygen atoms in total. The Morgan fingerprint density at radius 3 is 2.82 bits per heavy atom. The number of aromatic hydroxyl groups is 2. The zero-order valence-corrected chi connectivity index (χ0v) is 13.3. The zero-order valence-electron chi connectivity index (χ0n) is 10.9. The van der Waals surface area contributed by atoms with E-state index in [4.69, 9.17) is 5.11 Å². The largest absolute Gasteiger partial charge is 0.504 e. The number of carboxylic acids is 1. The van der Waals surface area contributed by atoms with Gasteiger partial charge in [0.25, 0.3) is 0 Å². The number of hydrogen-bond acceptors (Lipinski definition) is 7. The van der Waals surface area contributed by atoms with E-state index in [-0.39, 0.29) is 28.7 Å². The first kappa shape index (κ1) is 16.3. The van der Waals surface area contributed by atoms with Crippen LogP contribution in [0.15, 0.2) is 26.8 Å². The normalized spacial score (nSPS) is 19.8. The Morgan fingerprint density at radius 2 is 2.14 bits per heavy atom. The number of carbonyl (C=O) groups is 2. The predicted octanol–water partition coefficient (Wildman–Crippen LogP) is 1.26. The van der Waals surface area contributed by atoms with Gasteiger partial charge >= 0.3 is 5.97 Å². The lowest BCUT2D eigenvalue weighted by molar-refractivity contribution is -0.138. The average molecular weight is 388 g/mol. The van der Waals surface area contributed by atoms with Gasteiger partial charge in [-0.15, -0.1) is 5.10 Å². The highest BCUT2D eigenvalue weighted by Crippen LogP contribution is 2.35. The molecule has 1 saturated heterocycles. The molecule has 0 radical (unpaired) electrons. The predicted molar refractivity (Wildman–Crippen MR) is 84.3 cm³/mol. The van der Waals surface area contributed by atoms with Gasteiger partial charge in [0.1, 0.15) is 5.25 Å². The van der Waals surface area contributed by atoms with Crippen LogP contribution < -0.4 is 5.32 Å². The van der Waals surface area contributed by atoms with Gasteiger partial charge in [-0.1, -0.05) is 11.8 Å². The lowest BCUT2D eigenvalue weighted by atomic mass is 10.2. The van der Waals surface area contributed by atoms with Crippen LogP contribution in [0.3, 0.4) is 0 Å². The van der Waals surface area contributed by atoms with Crippen LogP contribution in [-0.2, 0) is 9.59 Å². The van der Waals surface area contributed by atoms with Crippen molar-refractivity contribution >= 4 is 51.0 Å². The first-order valence-electron chi connectivity index (χ1n) is 5.89. The van der Waals surface area contributed by atoms with E-state index in [1.807, 2.05) is 0 Å². The van der Waals surface area contributed by atoms with Gasteiger partial charge in [-0.25, -0.2) is 0 Å². The maximum atomic E-state index is 11.5. The van der Waals surface area contributed by atoms with Gasteiger partial charge in [0.2, 0.25) is 5.91 Å². The van der Waals surface area contributed by atoms with Gasteiger partial charge in [0, 0.05) is 5.56 Å². The highest BCUT2D eigenvalue weighted by atomic mass is 79.9. The van der Waals surface area contributed by atoms with Crippen molar-refractivity contribution in [2.75, 3.05) is 0 Å². The molecule has 2 rings (SSSR count). The number of amidine groups is 1. The number of phenols is 2. The fraction of sp³-hybridized carbons (Fsp3) is 0.167. The molecule has 0 spiro atoms. The number of hydrogen-bond donors (Lipinski definition) is 4. The molecule has 1 aliphatic heterocycles. The Kier molecular flexibility index (Phi) is 5.03. The third-order valence-corrected chi connectivity index (χ3v) is 4.33. The molecule has 0 bridgehead atoms. The second-order valence-corrected chi connectivity index (χ2v) is 6.22. The number of nitrogens with one attached hydrogen (secondary N) is 1. The fourth-order valence-electron chi connectivity index (χ4n) is 1.56. The molecule has 116 valence electrons. The summed E-state index contributed by atoms with van der Waals surface area (Å²) in [5, 5.41) is 37.2. The minimum atomic E-state index is -1.08. The highest BCUT2D eigenvalue weighted by molar-refractivity contribution is 9.10. The van der Waals surface area contributed by atoms with Crippen LogP contribution in [0.25, 0.3) is 0 Å². The van der Waals surface area contributed by atoms with Crippen LogP contribution in [0, 0.1) is 0 Å². The molecular formula is C12H10BrN3O5S. The van der Waals surface area contributed by atoms with Crippen molar-refractivity contribution in [3.05, 3.63) is 22.2 Å². The van der Waals surface area contributed by atoms with E-state index in [0.29, 0.717) is 4.47 Å². The Hall–Kier alpha value is -2.07. The topological polar surface area (TPSA) is 132 Å². The Morgan fingerprint density at radius 1 is 1.41 bits per heavy atom. The number of aliphatic carboxylic acids is 1. The van der Waals surface area contributed by atoms with Crippen molar-refractivity contribution in [3.8, 4) is 11.5 Å². The zero-order chi connectivity index (χ0) is 16.3. The van der Waals surface area contributed by atoms with Crippen molar-refractivity contribution in [1.29, 1.82) is 0 Å². The van der Waals surface area contributed by atoms with Crippen molar-refractivity contribution in [1.82, 2.24) is 5.32 Å². The number of halogens is 1.